The Morgan fingerprint density at radius 1 is 1.38 bits per heavy atom. The molecule has 0 radical (unpaired) electrons. The van der Waals surface area contributed by atoms with Crippen LogP contribution in [0.4, 0.5) is 5.69 Å². The second-order valence-electron chi connectivity index (χ2n) is 4.19. The van der Waals surface area contributed by atoms with Crippen LogP contribution in [0.3, 0.4) is 0 Å². The molecule has 3 nitrogen and oxygen atoms in total. The molecular weight excluding hydrogens is 198 g/mol. The van der Waals surface area contributed by atoms with Gasteiger partial charge in [0.2, 0.25) is 0 Å². The van der Waals surface area contributed by atoms with E-state index in [4.69, 9.17) is 5.26 Å². The quantitative estimate of drug-likeness (QED) is 0.822. The molecule has 0 amide bonds. The lowest BCUT2D eigenvalue weighted by molar-refractivity contribution is 0.304. The zero-order valence-electron chi connectivity index (χ0n) is 10.2. The monoisotopic (exact) mass is 217 g/mol. The predicted octanol–water partition coefficient (Wildman–Crippen LogP) is 2.31. The van der Waals surface area contributed by atoms with Gasteiger partial charge in [-0.1, -0.05) is 12.1 Å². The molecule has 3 heteroatoms. The molecule has 0 aliphatic rings. The van der Waals surface area contributed by atoms with Gasteiger partial charge in [0.25, 0.3) is 0 Å². The van der Waals surface area contributed by atoms with Crippen molar-refractivity contribution in [1.29, 1.82) is 5.26 Å². The van der Waals surface area contributed by atoms with E-state index in [-0.39, 0.29) is 0 Å². The first-order valence-electron chi connectivity index (χ1n) is 5.54. The van der Waals surface area contributed by atoms with E-state index in [2.05, 4.69) is 37.3 Å². The van der Waals surface area contributed by atoms with Crippen LogP contribution in [-0.2, 0) is 0 Å². The van der Waals surface area contributed by atoms with Crippen molar-refractivity contribution >= 4 is 5.69 Å². The lowest BCUT2D eigenvalue weighted by atomic mass is 10.2. The molecule has 0 saturated carbocycles. The van der Waals surface area contributed by atoms with Gasteiger partial charge < -0.3 is 10.2 Å². The highest BCUT2D eigenvalue weighted by atomic mass is 15.1. The SMILES string of the molecule is CC(CCNc1ccccc1C#N)N(C)C. The maximum Gasteiger partial charge on any atom is 0.101 e. The Morgan fingerprint density at radius 2 is 2.06 bits per heavy atom. The molecule has 0 spiro atoms. The fraction of sp³-hybridized carbons (Fsp3) is 0.462. The third kappa shape index (κ3) is 3.56. The highest BCUT2D eigenvalue weighted by molar-refractivity contribution is 5.56. The van der Waals surface area contributed by atoms with Gasteiger partial charge in [-0.3, -0.25) is 0 Å². The predicted molar refractivity (Wildman–Crippen MR) is 67.4 cm³/mol. The standard InChI is InChI=1S/C13H19N3/c1-11(16(2)3)8-9-15-13-7-5-4-6-12(13)10-14/h4-7,11,15H,8-9H2,1-3H3. The minimum absolute atomic E-state index is 0.543. The first kappa shape index (κ1) is 12.5. The molecule has 1 N–H and O–H groups in total. The van der Waals surface area contributed by atoms with Gasteiger partial charge >= 0.3 is 0 Å². The summed E-state index contributed by atoms with van der Waals surface area (Å²) in [5, 5.41) is 12.2. The fourth-order valence-corrected chi connectivity index (χ4v) is 1.41. The van der Waals surface area contributed by atoms with Gasteiger partial charge in [0.1, 0.15) is 6.07 Å². The van der Waals surface area contributed by atoms with Crippen LogP contribution in [-0.4, -0.2) is 31.6 Å². The van der Waals surface area contributed by atoms with E-state index in [1.54, 1.807) is 0 Å². The number of anilines is 1. The summed E-state index contributed by atoms with van der Waals surface area (Å²) in [4.78, 5) is 2.19. The number of rotatable bonds is 5. The maximum absolute atomic E-state index is 8.92. The molecule has 0 bridgehead atoms. The van der Waals surface area contributed by atoms with E-state index < -0.39 is 0 Å². The van der Waals surface area contributed by atoms with Crippen LogP contribution in [0, 0.1) is 11.3 Å². The Labute approximate surface area is 97.7 Å². The number of hydrogen-bond donors (Lipinski definition) is 1. The van der Waals surface area contributed by atoms with Crippen molar-refractivity contribution in [3.63, 3.8) is 0 Å². The summed E-state index contributed by atoms with van der Waals surface area (Å²) in [6.07, 6.45) is 1.06. The lowest BCUT2D eigenvalue weighted by Crippen LogP contribution is -2.26. The van der Waals surface area contributed by atoms with Crippen LogP contribution in [0.2, 0.25) is 0 Å². The van der Waals surface area contributed by atoms with Gasteiger partial charge in [0, 0.05) is 12.6 Å². The van der Waals surface area contributed by atoms with Crippen LogP contribution >= 0.6 is 0 Å². The zero-order chi connectivity index (χ0) is 12.0. The van der Waals surface area contributed by atoms with Crippen LogP contribution in [0.1, 0.15) is 18.9 Å². The van der Waals surface area contributed by atoms with Crippen LogP contribution in [0.5, 0.6) is 0 Å². The summed E-state index contributed by atoms with van der Waals surface area (Å²) in [6, 6.07) is 10.3. The summed E-state index contributed by atoms with van der Waals surface area (Å²) in [6.45, 7) is 3.08. The Balaban J connectivity index is 2.46. The summed E-state index contributed by atoms with van der Waals surface area (Å²) >= 11 is 0. The fourth-order valence-electron chi connectivity index (χ4n) is 1.41. The molecule has 0 saturated heterocycles. The van der Waals surface area contributed by atoms with Crippen LogP contribution in [0.25, 0.3) is 0 Å². The van der Waals surface area contributed by atoms with Crippen molar-refractivity contribution in [3.05, 3.63) is 29.8 Å². The summed E-state index contributed by atoms with van der Waals surface area (Å²) in [5.41, 5.74) is 1.64. The van der Waals surface area contributed by atoms with E-state index in [9.17, 15) is 0 Å². The van der Waals surface area contributed by atoms with Crippen molar-refractivity contribution < 1.29 is 0 Å². The number of para-hydroxylation sites is 1. The molecule has 86 valence electrons. The number of hydrogen-bond acceptors (Lipinski definition) is 3. The number of nitrogens with zero attached hydrogens (tertiary/aromatic N) is 2. The molecule has 1 rings (SSSR count). The van der Waals surface area contributed by atoms with Gasteiger partial charge in [-0.25, -0.2) is 0 Å². The molecule has 1 aromatic carbocycles. The average Bonchev–Trinajstić information content (AvgIpc) is 2.29. The van der Waals surface area contributed by atoms with Crippen molar-refractivity contribution in [2.24, 2.45) is 0 Å². The first-order chi connectivity index (χ1) is 7.65. The smallest absolute Gasteiger partial charge is 0.101 e. The summed E-state index contributed by atoms with van der Waals surface area (Å²) in [5.74, 6) is 0. The van der Waals surface area contributed by atoms with Crippen molar-refractivity contribution in [2.75, 3.05) is 26.0 Å². The van der Waals surface area contributed by atoms with Crippen molar-refractivity contribution in [1.82, 2.24) is 4.90 Å². The van der Waals surface area contributed by atoms with E-state index in [0.29, 0.717) is 11.6 Å². The minimum Gasteiger partial charge on any atom is -0.384 e. The van der Waals surface area contributed by atoms with Gasteiger partial charge in [0.05, 0.1) is 11.3 Å². The van der Waals surface area contributed by atoms with E-state index in [0.717, 1.165) is 18.7 Å². The molecule has 16 heavy (non-hydrogen) atoms. The molecule has 0 aliphatic carbocycles. The number of nitrogens with one attached hydrogen (secondary N) is 1. The zero-order valence-corrected chi connectivity index (χ0v) is 10.2. The summed E-state index contributed by atoms with van der Waals surface area (Å²) < 4.78 is 0. The second kappa shape index (κ2) is 6.14. The van der Waals surface area contributed by atoms with E-state index >= 15 is 0 Å². The Morgan fingerprint density at radius 3 is 2.69 bits per heavy atom. The largest absolute Gasteiger partial charge is 0.384 e. The maximum atomic E-state index is 8.92. The average molecular weight is 217 g/mol. The highest BCUT2D eigenvalue weighted by Crippen LogP contribution is 2.13. The molecule has 1 aromatic rings. The molecule has 1 unspecified atom stereocenters. The van der Waals surface area contributed by atoms with Crippen molar-refractivity contribution in [3.8, 4) is 6.07 Å². The molecular formula is C13H19N3. The normalized spacial score (nSPS) is 12.2. The van der Waals surface area contributed by atoms with E-state index in [1.165, 1.54) is 0 Å². The molecule has 0 aliphatic heterocycles. The van der Waals surface area contributed by atoms with Gasteiger partial charge in [0.15, 0.2) is 0 Å². The van der Waals surface area contributed by atoms with Gasteiger partial charge in [-0.2, -0.15) is 5.26 Å². The molecule has 0 aromatic heterocycles. The molecule has 1 atom stereocenters. The molecule has 0 heterocycles. The summed E-state index contributed by atoms with van der Waals surface area (Å²) in [7, 11) is 4.15. The Hall–Kier alpha value is -1.53. The second-order valence-corrected chi connectivity index (χ2v) is 4.19. The van der Waals surface area contributed by atoms with Gasteiger partial charge in [-0.15, -0.1) is 0 Å². The topological polar surface area (TPSA) is 39.1 Å². The third-order valence-electron chi connectivity index (χ3n) is 2.81. The minimum atomic E-state index is 0.543. The molecule has 0 fully saturated rings. The Kier molecular flexibility index (Phi) is 4.81. The van der Waals surface area contributed by atoms with E-state index in [1.807, 2.05) is 24.3 Å². The van der Waals surface area contributed by atoms with Crippen molar-refractivity contribution in [2.45, 2.75) is 19.4 Å². The van der Waals surface area contributed by atoms with Crippen LogP contribution < -0.4 is 5.32 Å². The highest BCUT2D eigenvalue weighted by Gasteiger charge is 2.04. The number of benzene rings is 1. The van der Waals surface area contributed by atoms with Gasteiger partial charge in [-0.05, 0) is 39.6 Å². The first-order valence-corrected chi connectivity index (χ1v) is 5.54. The number of nitriles is 1. The van der Waals surface area contributed by atoms with Crippen LogP contribution in [0.15, 0.2) is 24.3 Å². The lowest BCUT2D eigenvalue weighted by Gasteiger charge is -2.20. The third-order valence-corrected chi connectivity index (χ3v) is 2.81. The Bertz CT molecular complexity index is 366.